The Morgan fingerprint density at radius 2 is 1.50 bits per heavy atom. The number of hydrogen-bond acceptors (Lipinski definition) is 4. The first-order valence-corrected chi connectivity index (χ1v) is 6.82. The van der Waals surface area contributed by atoms with E-state index in [0.717, 1.165) is 6.07 Å². The van der Waals surface area contributed by atoms with Gasteiger partial charge in [-0.2, -0.15) is 0 Å². The monoisotopic (exact) mass is 323 g/mol. The van der Waals surface area contributed by atoms with Gasteiger partial charge in [0.1, 0.15) is 0 Å². The molecule has 0 aromatic heterocycles. The minimum absolute atomic E-state index is 0.269. The number of phenols is 2. The Bertz CT molecular complexity index is 476. The van der Waals surface area contributed by atoms with Gasteiger partial charge in [-0.25, -0.2) is 0 Å². The third-order valence-electron chi connectivity index (χ3n) is 1.84. The average Bonchev–Trinajstić information content (AvgIpc) is 2.51. The molecular weight excluding hydrogens is 305 g/mol. The van der Waals surface area contributed by atoms with Crippen molar-refractivity contribution in [3.63, 3.8) is 0 Å². The van der Waals surface area contributed by atoms with Crippen molar-refractivity contribution >= 4 is 34.9 Å². The molecule has 1 rings (SSSR count). The van der Waals surface area contributed by atoms with Crippen molar-refractivity contribution in [2.24, 2.45) is 0 Å². The topological polar surface area (TPSA) is 86.6 Å². The van der Waals surface area contributed by atoms with Crippen molar-refractivity contribution in [1.29, 1.82) is 0 Å². The predicted molar refractivity (Wildman–Crippen MR) is 80.9 cm³/mol. The van der Waals surface area contributed by atoms with Crippen LogP contribution in [0.25, 0.3) is 0 Å². The zero-order chi connectivity index (χ0) is 16.5. The van der Waals surface area contributed by atoms with Crippen molar-refractivity contribution < 1.29 is 19.8 Å². The van der Waals surface area contributed by atoms with Crippen molar-refractivity contribution in [2.45, 2.75) is 27.7 Å². The summed E-state index contributed by atoms with van der Waals surface area (Å²) in [7, 11) is 1.27. The van der Waals surface area contributed by atoms with E-state index in [9.17, 15) is 19.8 Å². The molecule has 5 nitrogen and oxygen atoms in total. The molecule has 3 N–H and O–H groups in total. The zero-order valence-electron chi connectivity index (χ0n) is 12.0. The third kappa shape index (κ3) is 4.90. The molecule has 20 heavy (non-hydrogen) atoms. The number of nitrogens with one attached hydrogen (secondary N) is 1. The maximum atomic E-state index is 11.5. The van der Waals surface area contributed by atoms with Gasteiger partial charge in [-0.3, -0.25) is 9.59 Å². The molecule has 0 saturated carbocycles. The summed E-state index contributed by atoms with van der Waals surface area (Å²) in [6.07, 6.45) is 0. The highest BCUT2D eigenvalue weighted by Crippen LogP contribution is 2.41. The van der Waals surface area contributed by atoms with Crippen LogP contribution in [-0.4, -0.2) is 29.0 Å². The highest BCUT2D eigenvalue weighted by Gasteiger charge is 2.23. The van der Waals surface area contributed by atoms with Crippen LogP contribution < -0.4 is 5.32 Å². The van der Waals surface area contributed by atoms with Crippen molar-refractivity contribution in [1.82, 2.24) is 5.32 Å². The average molecular weight is 324 g/mol. The highest BCUT2D eigenvalue weighted by molar-refractivity contribution is 6.48. The molecule has 0 aliphatic carbocycles. The number of ketones is 1. The summed E-state index contributed by atoms with van der Waals surface area (Å²) in [5.74, 6) is -3.23. The first kappa shape index (κ1) is 20.8. The van der Waals surface area contributed by atoms with Crippen molar-refractivity contribution in [3.8, 4) is 11.5 Å². The van der Waals surface area contributed by atoms with E-state index in [4.69, 9.17) is 23.2 Å². The van der Waals surface area contributed by atoms with E-state index in [1.807, 2.05) is 27.7 Å². The molecule has 1 amide bonds. The Kier molecular flexibility index (Phi) is 10.8. The van der Waals surface area contributed by atoms with E-state index in [2.05, 4.69) is 5.32 Å². The van der Waals surface area contributed by atoms with Gasteiger partial charge in [0, 0.05) is 7.05 Å². The van der Waals surface area contributed by atoms with Crippen molar-refractivity contribution in [3.05, 3.63) is 21.7 Å². The minimum atomic E-state index is -0.954. The fourth-order valence-corrected chi connectivity index (χ4v) is 1.43. The summed E-state index contributed by atoms with van der Waals surface area (Å²) in [5, 5.41) is 20.0. The molecule has 7 heteroatoms. The molecule has 0 aliphatic heterocycles. The van der Waals surface area contributed by atoms with Gasteiger partial charge in [0.05, 0.1) is 15.6 Å². The second-order valence-electron chi connectivity index (χ2n) is 2.83. The molecule has 114 valence electrons. The van der Waals surface area contributed by atoms with Crippen LogP contribution in [0.2, 0.25) is 10.0 Å². The van der Waals surface area contributed by atoms with Gasteiger partial charge >= 0.3 is 0 Å². The van der Waals surface area contributed by atoms with Crippen LogP contribution in [0.4, 0.5) is 0 Å². The lowest BCUT2D eigenvalue weighted by atomic mass is 10.1. The van der Waals surface area contributed by atoms with Crippen molar-refractivity contribution in [2.75, 3.05) is 7.05 Å². The summed E-state index contributed by atoms with van der Waals surface area (Å²) in [4.78, 5) is 22.5. The number of benzene rings is 1. The van der Waals surface area contributed by atoms with Crippen LogP contribution in [0.5, 0.6) is 11.5 Å². The summed E-state index contributed by atoms with van der Waals surface area (Å²) < 4.78 is 0. The predicted octanol–water partition coefficient (Wildman–Crippen LogP) is 3.39. The SMILES string of the molecule is CC.CC.CNC(=O)C(=O)c1cc(Cl)c(O)c(O)c1Cl. The van der Waals surface area contributed by atoms with Crippen LogP contribution >= 0.6 is 23.2 Å². The first-order valence-electron chi connectivity index (χ1n) is 6.06. The minimum Gasteiger partial charge on any atom is -0.503 e. The lowest BCUT2D eigenvalue weighted by molar-refractivity contribution is -0.116. The maximum absolute atomic E-state index is 11.5. The quantitative estimate of drug-likeness (QED) is 0.442. The Morgan fingerprint density at radius 1 is 1.05 bits per heavy atom. The standard InChI is InChI=1S/C9H7Cl2NO4.2C2H6/c1-12-9(16)6(13)3-2-4(10)7(14)8(15)5(3)11;2*1-2/h2,14-15H,1H3,(H,12,16);2*1-2H3. The van der Waals surface area contributed by atoms with E-state index in [-0.39, 0.29) is 10.6 Å². The second kappa shape index (κ2) is 10.3. The summed E-state index contributed by atoms with van der Waals surface area (Å²) in [6.45, 7) is 8.00. The van der Waals surface area contributed by atoms with E-state index < -0.39 is 28.2 Å². The number of rotatable bonds is 2. The summed E-state index contributed by atoms with van der Waals surface area (Å²) in [5.41, 5.74) is -0.277. The van der Waals surface area contributed by atoms with Crippen LogP contribution in [0.15, 0.2) is 6.07 Å². The highest BCUT2D eigenvalue weighted by atomic mass is 35.5. The Labute approximate surface area is 128 Å². The van der Waals surface area contributed by atoms with Gasteiger partial charge in [0.2, 0.25) is 0 Å². The molecule has 0 radical (unpaired) electrons. The van der Waals surface area contributed by atoms with Gasteiger partial charge in [0.15, 0.2) is 11.5 Å². The lowest BCUT2D eigenvalue weighted by Crippen LogP contribution is -2.27. The van der Waals surface area contributed by atoms with E-state index in [1.165, 1.54) is 7.05 Å². The maximum Gasteiger partial charge on any atom is 0.292 e. The molecule has 0 heterocycles. The number of hydrogen-bond donors (Lipinski definition) is 3. The number of carbonyl (C=O) groups excluding carboxylic acids is 2. The number of phenolic OH excluding ortho intramolecular Hbond substituents is 2. The summed E-state index contributed by atoms with van der Waals surface area (Å²) >= 11 is 11.1. The fourth-order valence-electron chi connectivity index (χ4n) is 1.00. The zero-order valence-corrected chi connectivity index (χ0v) is 13.6. The number of halogens is 2. The van der Waals surface area contributed by atoms with E-state index in [1.54, 1.807) is 0 Å². The molecule has 0 bridgehead atoms. The van der Waals surface area contributed by atoms with Gasteiger partial charge in [-0.15, -0.1) is 0 Å². The van der Waals surface area contributed by atoms with Gasteiger partial charge < -0.3 is 15.5 Å². The lowest BCUT2D eigenvalue weighted by Gasteiger charge is -2.07. The first-order chi connectivity index (χ1) is 9.40. The number of likely N-dealkylation sites (N-methyl/N-ethyl adjacent to an activating group) is 1. The largest absolute Gasteiger partial charge is 0.503 e. The van der Waals surface area contributed by atoms with Gasteiger partial charge in [-0.1, -0.05) is 50.9 Å². The van der Waals surface area contributed by atoms with Crippen LogP contribution in [-0.2, 0) is 4.79 Å². The number of carbonyl (C=O) groups is 2. The Morgan fingerprint density at radius 3 is 1.90 bits per heavy atom. The summed E-state index contributed by atoms with van der Waals surface area (Å²) in [6, 6.07) is 1.01. The smallest absolute Gasteiger partial charge is 0.292 e. The molecule has 0 atom stereocenters. The third-order valence-corrected chi connectivity index (χ3v) is 2.51. The van der Waals surface area contributed by atoms with Gasteiger partial charge in [-0.05, 0) is 6.07 Å². The van der Waals surface area contributed by atoms with Crippen LogP contribution in [0.1, 0.15) is 38.1 Å². The van der Waals surface area contributed by atoms with Crippen LogP contribution in [0.3, 0.4) is 0 Å². The number of amides is 1. The number of aromatic hydroxyl groups is 2. The molecule has 1 aromatic rings. The van der Waals surface area contributed by atoms with E-state index in [0.29, 0.717) is 0 Å². The molecular formula is C13H19Cl2NO4. The molecule has 0 unspecified atom stereocenters. The molecule has 0 fully saturated rings. The molecule has 1 aromatic carbocycles. The fraction of sp³-hybridized carbons (Fsp3) is 0.385. The molecule has 0 spiro atoms. The molecule has 0 aliphatic rings. The van der Waals surface area contributed by atoms with Gasteiger partial charge in [0.25, 0.3) is 11.7 Å². The van der Waals surface area contributed by atoms with E-state index >= 15 is 0 Å². The second-order valence-corrected chi connectivity index (χ2v) is 3.61. The normalized spacial score (nSPS) is 8.55. The Hall–Kier alpha value is -1.46. The Balaban J connectivity index is 0. The molecule has 0 saturated heterocycles. The van der Waals surface area contributed by atoms with Crippen LogP contribution in [0, 0.1) is 0 Å². The number of Topliss-reactive ketones (excluding diaryl/α,β-unsaturated/α-hetero) is 1.